The second-order valence-corrected chi connectivity index (χ2v) is 6.26. The Balaban J connectivity index is 2.25. The van der Waals surface area contributed by atoms with Crippen LogP contribution in [0.4, 0.5) is 4.39 Å². The fourth-order valence-electron chi connectivity index (χ4n) is 2.81. The van der Waals surface area contributed by atoms with Crippen LogP contribution in [0.15, 0.2) is 36.7 Å². The number of carbonyl (C=O) groups is 1. The highest BCUT2D eigenvalue weighted by Crippen LogP contribution is 2.29. The van der Waals surface area contributed by atoms with Gasteiger partial charge in [-0.15, -0.1) is 0 Å². The molecule has 7 heteroatoms. The summed E-state index contributed by atoms with van der Waals surface area (Å²) in [7, 11) is 3.77. The number of halogens is 1. The second-order valence-electron chi connectivity index (χ2n) is 6.26. The Kier molecular flexibility index (Phi) is 5.21. The Hall–Kier alpha value is -3.22. The van der Waals surface area contributed by atoms with Crippen molar-refractivity contribution in [3.8, 4) is 11.1 Å². The molecule has 0 saturated carbocycles. The number of esters is 1. The molecule has 0 aliphatic rings. The van der Waals surface area contributed by atoms with Gasteiger partial charge in [0.2, 0.25) is 0 Å². The molecule has 1 aromatic carbocycles. The number of aryl methyl sites for hydroxylation is 1. The SMILES string of the molecule is CCOC(=O)c1cnc2c(-c3ccc(F)cc3)c(C)nn2c1/C=C/N(C)C. The average molecular weight is 368 g/mol. The molecule has 0 saturated heterocycles. The number of rotatable bonds is 5. The van der Waals surface area contributed by atoms with E-state index in [9.17, 15) is 9.18 Å². The van der Waals surface area contributed by atoms with Crippen molar-refractivity contribution in [1.82, 2.24) is 19.5 Å². The molecule has 0 aliphatic heterocycles. The van der Waals surface area contributed by atoms with Crippen LogP contribution in [0.1, 0.15) is 28.7 Å². The third-order valence-corrected chi connectivity index (χ3v) is 4.01. The predicted octanol–water partition coefficient (Wildman–Crippen LogP) is 3.55. The summed E-state index contributed by atoms with van der Waals surface area (Å²) in [4.78, 5) is 18.7. The lowest BCUT2D eigenvalue weighted by molar-refractivity contribution is 0.0525. The van der Waals surface area contributed by atoms with Crippen LogP contribution in [0.5, 0.6) is 0 Å². The first-order valence-electron chi connectivity index (χ1n) is 8.58. The van der Waals surface area contributed by atoms with Crippen LogP contribution in [0.25, 0.3) is 22.9 Å². The van der Waals surface area contributed by atoms with Gasteiger partial charge in [-0.05, 0) is 37.6 Å². The van der Waals surface area contributed by atoms with Gasteiger partial charge in [-0.1, -0.05) is 12.1 Å². The van der Waals surface area contributed by atoms with E-state index in [4.69, 9.17) is 4.74 Å². The summed E-state index contributed by atoms with van der Waals surface area (Å²) in [6.07, 6.45) is 5.12. The molecule has 0 unspecified atom stereocenters. The smallest absolute Gasteiger partial charge is 0.341 e. The monoisotopic (exact) mass is 368 g/mol. The van der Waals surface area contributed by atoms with Gasteiger partial charge in [0.1, 0.15) is 11.4 Å². The quantitative estimate of drug-likeness (QED) is 0.645. The van der Waals surface area contributed by atoms with Crippen molar-refractivity contribution < 1.29 is 13.9 Å². The van der Waals surface area contributed by atoms with Crippen molar-refractivity contribution in [3.05, 3.63) is 59.4 Å². The number of nitrogens with zero attached hydrogens (tertiary/aromatic N) is 4. The number of aromatic nitrogens is 3. The Labute approximate surface area is 156 Å². The van der Waals surface area contributed by atoms with Gasteiger partial charge < -0.3 is 9.64 Å². The van der Waals surface area contributed by atoms with E-state index in [1.807, 2.05) is 32.1 Å². The van der Waals surface area contributed by atoms with Gasteiger partial charge in [-0.25, -0.2) is 18.7 Å². The minimum Gasteiger partial charge on any atom is -0.462 e. The number of hydrogen-bond donors (Lipinski definition) is 0. The highest BCUT2D eigenvalue weighted by molar-refractivity contribution is 5.93. The number of carbonyl (C=O) groups excluding carboxylic acids is 1. The van der Waals surface area contributed by atoms with Crippen LogP contribution in [-0.4, -0.2) is 46.2 Å². The van der Waals surface area contributed by atoms with E-state index in [1.165, 1.54) is 18.3 Å². The largest absolute Gasteiger partial charge is 0.462 e. The zero-order chi connectivity index (χ0) is 19.6. The highest BCUT2D eigenvalue weighted by atomic mass is 19.1. The number of hydrogen-bond acceptors (Lipinski definition) is 5. The van der Waals surface area contributed by atoms with Crippen LogP contribution >= 0.6 is 0 Å². The van der Waals surface area contributed by atoms with Gasteiger partial charge >= 0.3 is 5.97 Å². The van der Waals surface area contributed by atoms with Gasteiger partial charge in [0.15, 0.2) is 5.65 Å². The van der Waals surface area contributed by atoms with Crippen molar-refractivity contribution in [2.45, 2.75) is 13.8 Å². The molecule has 0 N–H and O–H groups in total. The third-order valence-electron chi connectivity index (χ3n) is 4.01. The zero-order valence-electron chi connectivity index (χ0n) is 15.7. The minimum absolute atomic E-state index is 0.271. The van der Waals surface area contributed by atoms with Crippen molar-refractivity contribution in [2.75, 3.05) is 20.7 Å². The fraction of sp³-hybridized carbons (Fsp3) is 0.250. The molecule has 3 aromatic rings. The molecule has 0 radical (unpaired) electrons. The van der Waals surface area contributed by atoms with Gasteiger partial charge in [0.05, 0.1) is 18.0 Å². The van der Waals surface area contributed by atoms with E-state index in [0.29, 0.717) is 16.9 Å². The Morgan fingerprint density at radius 2 is 2.00 bits per heavy atom. The van der Waals surface area contributed by atoms with Crippen LogP contribution in [0.2, 0.25) is 0 Å². The second kappa shape index (κ2) is 7.57. The number of ether oxygens (including phenoxy) is 1. The molecule has 2 aromatic heterocycles. The first kappa shape index (κ1) is 18.6. The van der Waals surface area contributed by atoms with Crippen LogP contribution in [-0.2, 0) is 4.74 Å². The fourth-order valence-corrected chi connectivity index (χ4v) is 2.81. The van der Waals surface area contributed by atoms with Crippen molar-refractivity contribution >= 4 is 17.7 Å². The molecular formula is C20H21FN4O2. The first-order chi connectivity index (χ1) is 12.9. The maximum atomic E-state index is 13.3. The van der Waals surface area contributed by atoms with Gasteiger partial charge in [0, 0.05) is 32.1 Å². The van der Waals surface area contributed by atoms with Crippen molar-refractivity contribution in [1.29, 1.82) is 0 Å². The standard InChI is InChI=1S/C20H21FN4O2/c1-5-27-20(26)16-12-22-19-18(14-6-8-15(21)9-7-14)13(2)23-25(19)17(16)10-11-24(3)4/h6-12H,5H2,1-4H3/b11-10+. The number of fused-ring (bicyclic) bond motifs is 1. The van der Waals surface area contributed by atoms with Crippen molar-refractivity contribution in [3.63, 3.8) is 0 Å². The predicted molar refractivity (Wildman–Crippen MR) is 102 cm³/mol. The van der Waals surface area contributed by atoms with E-state index in [0.717, 1.165) is 16.8 Å². The average Bonchev–Trinajstić information content (AvgIpc) is 2.96. The summed E-state index contributed by atoms with van der Waals surface area (Å²) >= 11 is 0. The summed E-state index contributed by atoms with van der Waals surface area (Å²) in [5.74, 6) is -0.762. The van der Waals surface area contributed by atoms with Crippen molar-refractivity contribution in [2.24, 2.45) is 0 Å². The molecule has 140 valence electrons. The molecule has 3 rings (SSSR count). The summed E-state index contributed by atoms with van der Waals surface area (Å²) in [6.45, 7) is 3.88. The maximum Gasteiger partial charge on any atom is 0.341 e. The van der Waals surface area contributed by atoms with E-state index in [1.54, 1.807) is 29.6 Å². The van der Waals surface area contributed by atoms with Crippen LogP contribution in [0, 0.1) is 12.7 Å². The summed E-state index contributed by atoms with van der Waals surface area (Å²) in [5, 5.41) is 4.58. The summed E-state index contributed by atoms with van der Waals surface area (Å²) < 4.78 is 20.1. The maximum absolute atomic E-state index is 13.3. The molecule has 0 spiro atoms. The molecule has 0 aliphatic carbocycles. The highest BCUT2D eigenvalue weighted by Gasteiger charge is 2.20. The lowest BCUT2D eigenvalue weighted by atomic mass is 10.1. The topological polar surface area (TPSA) is 59.7 Å². The van der Waals surface area contributed by atoms with Gasteiger partial charge in [0.25, 0.3) is 0 Å². The third kappa shape index (κ3) is 3.67. The Morgan fingerprint density at radius 3 is 2.63 bits per heavy atom. The summed E-state index contributed by atoms with van der Waals surface area (Å²) in [5.41, 5.74) is 3.83. The Bertz CT molecular complexity index is 1010. The number of benzene rings is 1. The molecule has 27 heavy (non-hydrogen) atoms. The molecular weight excluding hydrogens is 347 g/mol. The summed E-state index contributed by atoms with van der Waals surface area (Å²) in [6, 6.07) is 6.18. The van der Waals surface area contributed by atoms with E-state index in [2.05, 4.69) is 10.1 Å². The molecule has 2 heterocycles. The van der Waals surface area contributed by atoms with Gasteiger partial charge in [-0.2, -0.15) is 5.10 Å². The molecule has 0 bridgehead atoms. The Morgan fingerprint density at radius 1 is 1.30 bits per heavy atom. The van der Waals surface area contributed by atoms with Crippen LogP contribution in [0.3, 0.4) is 0 Å². The van der Waals surface area contributed by atoms with Crippen LogP contribution < -0.4 is 0 Å². The zero-order valence-corrected chi connectivity index (χ0v) is 15.7. The molecule has 6 nitrogen and oxygen atoms in total. The molecule has 0 amide bonds. The normalized spacial score (nSPS) is 11.3. The van der Waals surface area contributed by atoms with Gasteiger partial charge in [-0.3, -0.25) is 0 Å². The van der Waals surface area contributed by atoms with E-state index < -0.39 is 5.97 Å². The lowest BCUT2D eigenvalue weighted by Crippen LogP contribution is -2.12. The molecule has 0 atom stereocenters. The molecule has 0 fully saturated rings. The first-order valence-corrected chi connectivity index (χ1v) is 8.58. The minimum atomic E-state index is -0.457. The lowest BCUT2D eigenvalue weighted by Gasteiger charge is -2.09. The van der Waals surface area contributed by atoms with E-state index in [-0.39, 0.29) is 12.4 Å². The van der Waals surface area contributed by atoms with E-state index >= 15 is 0 Å².